The minimum absolute atomic E-state index is 0.789. The second-order valence-corrected chi connectivity index (χ2v) is 3.15. The van der Waals surface area contributed by atoms with E-state index in [0.29, 0.717) is 0 Å². The van der Waals surface area contributed by atoms with Crippen LogP contribution in [0.15, 0.2) is 0 Å². The van der Waals surface area contributed by atoms with E-state index in [2.05, 4.69) is 12.8 Å². The van der Waals surface area contributed by atoms with Gasteiger partial charge in [0.1, 0.15) is 0 Å². The van der Waals surface area contributed by atoms with Crippen LogP contribution in [0.5, 0.6) is 0 Å². The number of rotatable bonds is 7. The molecule has 0 spiro atoms. The number of hydrogen-bond donors (Lipinski definition) is 0. The highest BCUT2D eigenvalue weighted by Gasteiger charge is 1.88. The monoisotopic (exact) mass is 167 g/mol. The number of unbranched alkanes of at least 4 members (excludes halogenated alkanes) is 7. The average Bonchev–Trinajstić information content (AvgIpc) is 2.10. The highest BCUT2D eigenvalue weighted by Crippen LogP contribution is 2.07. The van der Waals surface area contributed by atoms with Gasteiger partial charge in [0, 0.05) is 6.42 Å². The lowest BCUT2D eigenvalue weighted by Crippen LogP contribution is -1.78. The fraction of sp³-hybridized carbons (Fsp3) is 0.818. The summed E-state index contributed by atoms with van der Waals surface area (Å²) in [5.74, 6) is 2.54. The summed E-state index contributed by atoms with van der Waals surface area (Å²) in [5.41, 5.74) is 0. The van der Waals surface area contributed by atoms with Gasteiger partial charge in [0.2, 0.25) is 0 Å². The van der Waals surface area contributed by atoms with Crippen molar-refractivity contribution in [3.05, 3.63) is 0 Å². The topological polar surface area (TPSA) is 19.9 Å². The molecule has 69 valence electrons. The largest absolute Gasteiger partial charge is 0.224 e. The molecule has 1 heteroatoms. The van der Waals surface area contributed by atoms with E-state index in [1.165, 1.54) is 38.5 Å². The third-order valence-electron chi connectivity index (χ3n) is 1.98. The lowest BCUT2D eigenvalue weighted by molar-refractivity contribution is 0.391. The predicted octanol–water partition coefficient (Wildman–Crippen LogP) is 3.52. The SMILES string of the molecule is CCCCCCCCCC#C[O]. The van der Waals surface area contributed by atoms with Crippen LogP contribution < -0.4 is 0 Å². The fourth-order valence-electron chi connectivity index (χ4n) is 1.22. The summed E-state index contributed by atoms with van der Waals surface area (Å²) in [4.78, 5) is 0. The number of hydrogen-bond acceptors (Lipinski definition) is 0. The van der Waals surface area contributed by atoms with Gasteiger partial charge < -0.3 is 0 Å². The molecule has 0 aromatic carbocycles. The van der Waals surface area contributed by atoms with Gasteiger partial charge in [0.15, 0.2) is 6.11 Å². The minimum Gasteiger partial charge on any atom is -0.224 e. The molecule has 0 saturated heterocycles. The molecule has 0 aromatic heterocycles. The fourth-order valence-corrected chi connectivity index (χ4v) is 1.22. The van der Waals surface area contributed by atoms with Gasteiger partial charge in [-0.05, 0) is 6.42 Å². The minimum atomic E-state index is 0.789. The zero-order valence-corrected chi connectivity index (χ0v) is 8.07. The first-order valence-electron chi connectivity index (χ1n) is 5.01. The summed E-state index contributed by atoms with van der Waals surface area (Å²) in [6.07, 6.45) is 11.5. The van der Waals surface area contributed by atoms with Crippen molar-refractivity contribution in [1.82, 2.24) is 0 Å². The van der Waals surface area contributed by atoms with Gasteiger partial charge in [-0.2, -0.15) is 0 Å². The molecule has 0 amide bonds. The Kier molecular flexibility index (Phi) is 9.81. The molecule has 0 N–H and O–H groups in total. The third kappa shape index (κ3) is 9.36. The molecule has 0 aliphatic heterocycles. The van der Waals surface area contributed by atoms with Crippen LogP contribution in [0.3, 0.4) is 0 Å². The maximum Gasteiger partial charge on any atom is 0.172 e. The highest BCUT2D eigenvalue weighted by molar-refractivity contribution is 4.88. The van der Waals surface area contributed by atoms with Crippen molar-refractivity contribution in [3.63, 3.8) is 0 Å². The van der Waals surface area contributed by atoms with Crippen molar-refractivity contribution < 1.29 is 5.11 Å². The van der Waals surface area contributed by atoms with Crippen LogP contribution in [0.1, 0.15) is 58.3 Å². The molecular formula is C11H19O. The van der Waals surface area contributed by atoms with E-state index in [-0.39, 0.29) is 0 Å². The first-order valence-corrected chi connectivity index (χ1v) is 5.01. The quantitative estimate of drug-likeness (QED) is 0.408. The highest BCUT2D eigenvalue weighted by atomic mass is 16.2. The summed E-state index contributed by atoms with van der Waals surface area (Å²) < 4.78 is 0. The summed E-state index contributed by atoms with van der Waals surface area (Å²) in [5, 5.41) is 9.74. The molecule has 1 nitrogen and oxygen atoms in total. The molecule has 0 bridgehead atoms. The zero-order chi connectivity index (χ0) is 9.07. The van der Waals surface area contributed by atoms with Gasteiger partial charge in [0.05, 0.1) is 0 Å². The van der Waals surface area contributed by atoms with Gasteiger partial charge in [-0.1, -0.05) is 51.4 Å². The molecule has 0 heterocycles. The van der Waals surface area contributed by atoms with Crippen molar-refractivity contribution in [2.24, 2.45) is 0 Å². The normalized spacial score (nSPS) is 9.08. The van der Waals surface area contributed by atoms with Crippen LogP contribution in [0, 0.1) is 12.0 Å². The Morgan fingerprint density at radius 3 is 2.08 bits per heavy atom. The zero-order valence-electron chi connectivity index (χ0n) is 8.07. The van der Waals surface area contributed by atoms with Crippen LogP contribution in [-0.4, -0.2) is 0 Å². The molecule has 0 rings (SSSR count). The Labute approximate surface area is 76.2 Å². The van der Waals surface area contributed by atoms with Crippen molar-refractivity contribution >= 4 is 0 Å². The van der Waals surface area contributed by atoms with Crippen molar-refractivity contribution in [1.29, 1.82) is 0 Å². The Morgan fingerprint density at radius 2 is 1.50 bits per heavy atom. The Hall–Kier alpha value is -0.640. The summed E-state index contributed by atoms with van der Waals surface area (Å²) in [6.45, 7) is 2.23. The lowest BCUT2D eigenvalue weighted by atomic mass is 10.1. The molecule has 0 atom stereocenters. The summed E-state index contributed by atoms with van der Waals surface area (Å²) >= 11 is 0. The Morgan fingerprint density at radius 1 is 0.917 bits per heavy atom. The molecule has 12 heavy (non-hydrogen) atoms. The standard InChI is InChI=1S/C11H19O/c1-2-3-4-5-6-7-8-9-10-11-12/h2-9H2,1H3. The van der Waals surface area contributed by atoms with E-state index >= 15 is 0 Å². The van der Waals surface area contributed by atoms with Crippen LogP contribution in [0.4, 0.5) is 0 Å². The summed E-state index contributed by atoms with van der Waals surface area (Å²) in [7, 11) is 0. The molecule has 0 fully saturated rings. The predicted molar refractivity (Wildman–Crippen MR) is 51.1 cm³/mol. The van der Waals surface area contributed by atoms with E-state index in [9.17, 15) is 5.11 Å². The van der Waals surface area contributed by atoms with Crippen LogP contribution in [0.25, 0.3) is 0 Å². The molecule has 0 saturated carbocycles. The molecule has 0 unspecified atom stereocenters. The van der Waals surface area contributed by atoms with Crippen molar-refractivity contribution in [3.8, 4) is 12.0 Å². The Balaban J connectivity index is 2.84. The van der Waals surface area contributed by atoms with Gasteiger partial charge in [0.25, 0.3) is 0 Å². The molecule has 0 aliphatic rings. The molecule has 1 radical (unpaired) electrons. The molecular weight excluding hydrogens is 148 g/mol. The van der Waals surface area contributed by atoms with E-state index in [1.54, 1.807) is 6.11 Å². The third-order valence-corrected chi connectivity index (χ3v) is 1.98. The van der Waals surface area contributed by atoms with Crippen LogP contribution in [-0.2, 0) is 5.11 Å². The van der Waals surface area contributed by atoms with Crippen molar-refractivity contribution in [2.45, 2.75) is 58.3 Å². The molecule has 0 aromatic rings. The van der Waals surface area contributed by atoms with E-state index in [0.717, 1.165) is 12.8 Å². The van der Waals surface area contributed by atoms with E-state index in [1.807, 2.05) is 0 Å². The maximum atomic E-state index is 9.74. The van der Waals surface area contributed by atoms with Crippen LogP contribution >= 0.6 is 0 Å². The van der Waals surface area contributed by atoms with Crippen LogP contribution in [0.2, 0.25) is 0 Å². The summed E-state index contributed by atoms with van der Waals surface area (Å²) in [6, 6.07) is 0. The Bertz CT molecular complexity index is 130. The van der Waals surface area contributed by atoms with Gasteiger partial charge in [-0.25, -0.2) is 5.11 Å². The smallest absolute Gasteiger partial charge is 0.172 e. The lowest BCUT2D eigenvalue weighted by Gasteiger charge is -1.97. The average molecular weight is 167 g/mol. The second kappa shape index (κ2) is 10.4. The first kappa shape index (κ1) is 11.4. The van der Waals surface area contributed by atoms with Gasteiger partial charge in [-0.3, -0.25) is 0 Å². The maximum absolute atomic E-state index is 9.74. The molecule has 0 aliphatic carbocycles. The van der Waals surface area contributed by atoms with E-state index < -0.39 is 0 Å². The van der Waals surface area contributed by atoms with Crippen molar-refractivity contribution in [2.75, 3.05) is 0 Å². The second-order valence-electron chi connectivity index (χ2n) is 3.15. The van der Waals surface area contributed by atoms with Gasteiger partial charge >= 0.3 is 0 Å². The van der Waals surface area contributed by atoms with Gasteiger partial charge in [-0.15, -0.1) is 0 Å². The van der Waals surface area contributed by atoms with E-state index in [4.69, 9.17) is 0 Å². The first-order chi connectivity index (χ1) is 5.91.